The molecule has 0 bridgehead atoms. The first-order valence-electron chi connectivity index (χ1n) is 4.27. The fourth-order valence-corrected chi connectivity index (χ4v) is 1.09. The minimum atomic E-state index is -0.318. The van der Waals surface area contributed by atoms with Gasteiger partial charge in [0.15, 0.2) is 0 Å². The predicted molar refractivity (Wildman–Crippen MR) is 43.3 cm³/mol. The largest absolute Gasteiger partial charge is 0.392 e. The Morgan fingerprint density at radius 2 is 2.00 bits per heavy atom. The lowest BCUT2D eigenvalue weighted by Crippen LogP contribution is -2.32. The van der Waals surface area contributed by atoms with Crippen LogP contribution in [0.4, 0.5) is 0 Å². The van der Waals surface area contributed by atoms with E-state index in [0.29, 0.717) is 19.0 Å². The fraction of sp³-hybridized carbons (Fsp3) is 1.00. The lowest BCUT2D eigenvalue weighted by molar-refractivity contribution is 0.137. The monoisotopic (exact) mass is 159 g/mol. The van der Waals surface area contributed by atoms with Crippen LogP contribution in [0, 0.1) is 5.92 Å². The first kappa shape index (κ1) is 8.97. The smallest absolute Gasteiger partial charge is 0.0692 e. The van der Waals surface area contributed by atoms with Crippen LogP contribution >= 0.6 is 0 Å². The number of hydrogen-bond donors (Lipinski definition) is 3. The van der Waals surface area contributed by atoms with Gasteiger partial charge < -0.3 is 15.5 Å². The van der Waals surface area contributed by atoms with E-state index < -0.39 is 0 Å². The molecule has 0 amide bonds. The summed E-state index contributed by atoms with van der Waals surface area (Å²) in [4.78, 5) is 0. The average molecular weight is 159 g/mol. The molecule has 0 saturated heterocycles. The molecule has 0 aromatic rings. The van der Waals surface area contributed by atoms with Crippen molar-refractivity contribution in [2.45, 2.75) is 32.0 Å². The van der Waals surface area contributed by atoms with Crippen LogP contribution in [0.3, 0.4) is 0 Å². The minimum absolute atomic E-state index is 0.200. The summed E-state index contributed by atoms with van der Waals surface area (Å²) >= 11 is 0. The summed E-state index contributed by atoms with van der Waals surface area (Å²) < 4.78 is 0. The Morgan fingerprint density at radius 1 is 1.36 bits per heavy atom. The molecule has 1 fully saturated rings. The van der Waals surface area contributed by atoms with E-state index in [1.165, 1.54) is 0 Å². The summed E-state index contributed by atoms with van der Waals surface area (Å²) in [6, 6.07) is 0. The molecule has 0 aromatic carbocycles. The van der Waals surface area contributed by atoms with Gasteiger partial charge >= 0.3 is 0 Å². The Hall–Kier alpha value is -0.120. The van der Waals surface area contributed by atoms with Gasteiger partial charge in [0.25, 0.3) is 0 Å². The molecule has 1 unspecified atom stereocenters. The molecule has 3 N–H and O–H groups in total. The second kappa shape index (κ2) is 4.04. The molecule has 66 valence electrons. The van der Waals surface area contributed by atoms with E-state index >= 15 is 0 Å². The van der Waals surface area contributed by atoms with Gasteiger partial charge in [-0.25, -0.2) is 0 Å². The van der Waals surface area contributed by atoms with Crippen molar-refractivity contribution in [2.24, 2.45) is 5.92 Å². The summed E-state index contributed by atoms with van der Waals surface area (Å²) in [6.45, 7) is 2.93. The quantitative estimate of drug-likeness (QED) is 0.517. The highest BCUT2D eigenvalue weighted by Crippen LogP contribution is 2.32. The van der Waals surface area contributed by atoms with E-state index in [4.69, 9.17) is 5.11 Å². The van der Waals surface area contributed by atoms with Crippen molar-refractivity contribution >= 4 is 0 Å². The molecule has 1 rings (SSSR count). The van der Waals surface area contributed by atoms with E-state index in [1.54, 1.807) is 6.92 Å². The summed E-state index contributed by atoms with van der Waals surface area (Å²) in [5, 5.41) is 21.2. The standard InChI is InChI=1S/C8H17NO2/c1-6(10)4-9-5-8(11)7-2-3-7/h6-11H,2-5H2,1H3/t6-,8?/m1/s1. The molecular weight excluding hydrogens is 142 g/mol. The van der Waals surface area contributed by atoms with Gasteiger partial charge in [-0.15, -0.1) is 0 Å². The first-order chi connectivity index (χ1) is 5.20. The highest BCUT2D eigenvalue weighted by molar-refractivity contribution is 4.82. The number of nitrogens with one attached hydrogen (secondary N) is 1. The third-order valence-electron chi connectivity index (χ3n) is 1.96. The van der Waals surface area contributed by atoms with Crippen molar-refractivity contribution < 1.29 is 10.2 Å². The van der Waals surface area contributed by atoms with Crippen LogP contribution in [-0.4, -0.2) is 35.5 Å². The van der Waals surface area contributed by atoms with E-state index in [9.17, 15) is 5.11 Å². The number of rotatable bonds is 5. The average Bonchev–Trinajstić information content (AvgIpc) is 2.66. The van der Waals surface area contributed by atoms with Crippen LogP contribution in [0.1, 0.15) is 19.8 Å². The van der Waals surface area contributed by atoms with Gasteiger partial charge in [-0.2, -0.15) is 0 Å². The molecule has 2 atom stereocenters. The fourth-order valence-electron chi connectivity index (χ4n) is 1.09. The lowest BCUT2D eigenvalue weighted by Gasteiger charge is -2.11. The van der Waals surface area contributed by atoms with Gasteiger partial charge in [-0.1, -0.05) is 0 Å². The third kappa shape index (κ3) is 3.70. The van der Waals surface area contributed by atoms with Crippen molar-refractivity contribution in [3.63, 3.8) is 0 Å². The normalized spacial score (nSPS) is 23.2. The van der Waals surface area contributed by atoms with Crippen LogP contribution < -0.4 is 5.32 Å². The highest BCUT2D eigenvalue weighted by atomic mass is 16.3. The summed E-state index contributed by atoms with van der Waals surface area (Å²) in [7, 11) is 0. The first-order valence-corrected chi connectivity index (χ1v) is 4.27. The molecule has 0 aliphatic heterocycles. The molecule has 3 nitrogen and oxygen atoms in total. The van der Waals surface area contributed by atoms with E-state index in [1.807, 2.05) is 0 Å². The molecule has 1 saturated carbocycles. The Bertz CT molecular complexity index is 113. The highest BCUT2D eigenvalue weighted by Gasteiger charge is 2.28. The van der Waals surface area contributed by atoms with E-state index in [-0.39, 0.29) is 12.2 Å². The van der Waals surface area contributed by atoms with Crippen molar-refractivity contribution in [1.29, 1.82) is 0 Å². The lowest BCUT2D eigenvalue weighted by atomic mass is 10.2. The van der Waals surface area contributed by atoms with Crippen LogP contribution in [0.15, 0.2) is 0 Å². The molecule has 0 radical (unpaired) electrons. The Balaban J connectivity index is 1.93. The van der Waals surface area contributed by atoms with Crippen LogP contribution in [0.25, 0.3) is 0 Å². The third-order valence-corrected chi connectivity index (χ3v) is 1.96. The van der Waals surface area contributed by atoms with E-state index in [0.717, 1.165) is 12.8 Å². The summed E-state index contributed by atoms with van der Waals surface area (Å²) in [5.74, 6) is 0.525. The Morgan fingerprint density at radius 3 is 2.45 bits per heavy atom. The van der Waals surface area contributed by atoms with Gasteiger partial charge in [0.2, 0.25) is 0 Å². The SMILES string of the molecule is C[C@@H](O)CNCC(O)C1CC1. The molecule has 1 aliphatic rings. The van der Waals surface area contributed by atoms with Gasteiger partial charge in [-0.05, 0) is 25.7 Å². The number of aliphatic hydroxyl groups is 2. The van der Waals surface area contributed by atoms with Crippen molar-refractivity contribution in [2.75, 3.05) is 13.1 Å². The minimum Gasteiger partial charge on any atom is -0.392 e. The van der Waals surface area contributed by atoms with Crippen molar-refractivity contribution in [1.82, 2.24) is 5.32 Å². The maximum Gasteiger partial charge on any atom is 0.0692 e. The van der Waals surface area contributed by atoms with Gasteiger partial charge in [-0.3, -0.25) is 0 Å². The van der Waals surface area contributed by atoms with Crippen LogP contribution in [-0.2, 0) is 0 Å². The zero-order valence-electron chi connectivity index (χ0n) is 6.95. The van der Waals surface area contributed by atoms with Crippen LogP contribution in [0.5, 0.6) is 0 Å². The topological polar surface area (TPSA) is 52.5 Å². The molecule has 3 heteroatoms. The van der Waals surface area contributed by atoms with Crippen molar-refractivity contribution in [3.8, 4) is 0 Å². The molecule has 0 heterocycles. The molecule has 0 spiro atoms. The Kier molecular flexibility index (Phi) is 3.30. The van der Waals surface area contributed by atoms with Crippen LogP contribution in [0.2, 0.25) is 0 Å². The molecule has 1 aliphatic carbocycles. The van der Waals surface area contributed by atoms with Gasteiger partial charge in [0.05, 0.1) is 12.2 Å². The maximum atomic E-state index is 9.36. The van der Waals surface area contributed by atoms with Gasteiger partial charge in [0, 0.05) is 13.1 Å². The summed E-state index contributed by atoms with van der Waals surface area (Å²) in [5.41, 5.74) is 0. The summed E-state index contributed by atoms with van der Waals surface area (Å²) in [6.07, 6.45) is 1.81. The zero-order chi connectivity index (χ0) is 8.27. The van der Waals surface area contributed by atoms with Gasteiger partial charge in [0.1, 0.15) is 0 Å². The molecular formula is C8H17NO2. The molecule has 11 heavy (non-hydrogen) atoms. The van der Waals surface area contributed by atoms with Crippen molar-refractivity contribution in [3.05, 3.63) is 0 Å². The second-order valence-electron chi connectivity index (χ2n) is 3.41. The predicted octanol–water partition coefficient (Wildman–Crippen LogP) is -0.272. The second-order valence-corrected chi connectivity index (χ2v) is 3.41. The number of hydrogen-bond acceptors (Lipinski definition) is 3. The zero-order valence-corrected chi connectivity index (χ0v) is 6.95. The maximum absolute atomic E-state index is 9.36. The number of aliphatic hydroxyl groups excluding tert-OH is 2. The van der Waals surface area contributed by atoms with E-state index in [2.05, 4.69) is 5.32 Å². The molecule has 0 aromatic heterocycles. The Labute approximate surface area is 67.4 Å².